The Kier molecular flexibility index (Phi) is 2.34. The second-order valence-electron chi connectivity index (χ2n) is 7.21. The van der Waals surface area contributed by atoms with Crippen molar-refractivity contribution in [1.82, 2.24) is 0 Å². The van der Waals surface area contributed by atoms with E-state index in [1.807, 2.05) is 0 Å². The van der Waals surface area contributed by atoms with Gasteiger partial charge in [-0.3, -0.25) is 0 Å². The minimum atomic E-state index is -2.96. The Morgan fingerprint density at radius 1 is 1.24 bits per heavy atom. The number of aryl methyl sites for hydroxylation is 2. The molecule has 0 N–H and O–H groups in total. The summed E-state index contributed by atoms with van der Waals surface area (Å²) >= 11 is 0. The summed E-state index contributed by atoms with van der Waals surface area (Å²) in [5.74, 6) is -2.45. The molecule has 1 atom stereocenters. The molecule has 2 aromatic carbocycles. The van der Waals surface area contributed by atoms with Crippen molar-refractivity contribution in [2.45, 2.75) is 47.2 Å². The third kappa shape index (κ3) is 2.83. The minimum absolute atomic E-state index is 0.0734. The molecule has 0 radical (unpaired) electrons. The van der Waals surface area contributed by atoms with Crippen molar-refractivity contribution >= 4 is 27.6 Å². The lowest BCUT2D eigenvalue weighted by atomic mass is 9.93. The Morgan fingerprint density at radius 2 is 2.07 bits per heavy atom. The molecule has 4 rings (SSSR count). The first-order valence-corrected chi connectivity index (χ1v) is 9.07. The number of nitrogens with zero attached hydrogens (tertiary/aromatic N) is 2. The van der Waals surface area contributed by atoms with Gasteiger partial charge in [-0.2, -0.15) is 4.57 Å². The van der Waals surface area contributed by atoms with Crippen molar-refractivity contribution in [2.24, 2.45) is 7.05 Å². The standard InChI is InChI=1S/C26H27N2O/c1-14(2)21-13-22(28(8)18(6)17(21)5)25-15(3)9-10-20-24-16(4)11-19(27-7)12-23(24)29-26(20)25/h9-14H,1-6,8H3/q+1/i1D3,4D3,5D3,13D,14D. The molecule has 146 valence electrons. The molecule has 0 fully saturated rings. The van der Waals surface area contributed by atoms with Gasteiger partial charge < -0.3 is 4.42 Å². The van der Waals surface area contributed by atoms with Gasteiger partial charge in [0, 0.05) is 43.0 Å². The van der Waals surface area contributed by atoms with Gasteiger partial charge in [-0.1, -0.05) is 32.0 Å². The van der Waals surface area contributed by atoms with Crippen LogP contribution in [-0.2, 0) is 7.05 Å². The van der Waals surface area contributed by atoms with E-state index in [-0.39, 0.29) is 44.8 Å². The number of pyridine rings is 1. The first-order chi connectivity index (χ1) is 18.1. The third-order valence-corrected chi connectivity index (χ3v) is 5.37. The molecule has 0 aliphatic rings. The topological polar surface area (TPSA) is 21.4 Å². The van der Waals surface area contributed by atoms with Crippen LogP contribution in [0, 0.1) is 34.1 Å². The Labute approximate surface area is 187 Å². The number of rotatable bonds is 2. The van der Waals surface area contributed by atoms with E-state index in [0.29, 0.717) is 16.5 Å². The zero-order valence-electron chi connectivity index (χ0n) is 27.6. The van der Waals surface area contributed by atoms with Crippen molar-refractivity contribution in [2.75, 3.05) is 0 Å². The van der Waals surface area contributed by atoms with Crippen LogP contribution in [0.3, 0.4) is 0 Å². The quantitative estimate of drug-likeness (QED) is 0.265. The highest BCUT2D eigenvalue weighted by Crippen LogP contribution is 2.40. The monoisotopic (exact) mass is 394 g/mol. The molecule has 2 heterocycles. The van der Waals surface area contributed by atoms with Crippen LogP contribution in [0.2, 0.25) is 0 Å². The predicted octanol–water partition coefficient (Wildman–Crippen LogP) is 6.99. The molecule has 29 heavy (non-hydrogen) atoms. The van der Waals surface area contributed by atoms with E-state index < -0.39 is 38.1 Å². The molecule has 0 saturated carbocycles. The molecule has 0 spiro atoms. The molecular weight excluding hydrogens is 356 g/mol. The average Bonchev–Trinajstić information content (AvgIpc) is 3.17. The van der Waals surface area contributed by atoms with E-state index >= 15 is 0 Å². The highest BCUT2D eigenvalue weighted by atomic mass is 16.3. The number of hydrogen-bond donors (Lipinski definition) is 0. The summed E-state index contributed by atoms with van der Waals surface area (Å²) < 4.78 is 98.3. The van der Waals surface area contributed by atoms with Crippen LogP contribution in [0.1, 0.15) is 62.7 Å². The number of aromatic nitrogens is 1. The summed E-state index contributed by atoms with van der Waals surface area (Å²) in [4.78, 5) is 3.38. The molecule has 2 aromatic heterocycles. The fourth-order valence-corrected chi connectivity index (χ4v) is 3.70. The van der Waals surface area contributed by atoms with E-state index in [1.165, 1.54) is 23.6 Å². The molecule has 0 aliphatic carbocycles. The van der Waals surface area contributed by atoms with Gasteiger partial charge in [0.25, 0.3) is 0 Å². The SMILES string of the molecule is [2H]c1c(C([2H])(C)C([2H])([2H])[2H])c(C([2H])([2H])[2H])c(C)[n+](C)c1-c1c(C)ccc2c1oc1cc([N+]#[C-])cc(C([2H])([2H])[2H])c12. The van der Waals surface area contributed by atoms with Gasteiger partial charge in [0.05, 0.1) is 13.5 Å². The summed E-state index contributed by atoms with van der Waals surface area (Å²) in [6, 6.07) is 5.65. The number of benzene rings is 2. The normalized spacial score (nSPS) is 20.4. The van der Waals surface area contributed by atoms with Crippen molar-refractivity contribution < 1.29 is 24.1 Å². The Hall–Kier alpha value is -3.12. The molecule has 3 nitrogen and oxygen atoms in total. The summed E-state index contributed by atoms with van der Waals surface area (Å²) in [6.45, 7) is 3.37. The fraction of sp³-hybridized carbons (Fsp3) is 0.308. The van der Waals surface area contributed by atoms with Crippen LogP contribution in [0.15, 0.2) is 34.7 Å². The molecule has 3 heteroatoms. The maximum absolute atomic E-state index is 9.18. The van der Waals surface area contributed by atoms with Gasteiger partial charge in [-0.05, 0) is 49.3 Å². The van der Waals surface area contributed by atoms with Gasteiger partial charge >= 0.3 is 0 Å². The first-order valence-electron chi connectivity index (χ1n) is 14.6. The molecule has 0 amide bonds. The van der Waals surface area contributed by atoms with Crippen molar-refractivity contribution in [1.29, 1.82) is 0 Å². The van der Waals surface area contributed by atoms with Gasteiger partial charge in [-0.25, -0.2) is 4.85 Å². The van der Waals surface area contributed by atoms with Crippen LogP contribution in [0.5, 0.6) is 0 Å². The molecule has 4 aromatic rings. The van der Waals surface area contributed by atoms with E-state index in [1.54, 1.807) is 26.1 Å². The summed E-state index contributed by atoms with van der Waals surface area (Å²) in [7, 11) is 1.55. The smallest absolute Gasteiger partial charge is 0.216 e. The Bertz CT molecular complexity index is 1730. The number of furan rings is 1. The predicted molar refractivity (Wildman–Crippen MR) is 120 cm³/mol. The van der Waals surface area contributed by atoms with E-state index in [4.69, 9.17) is 24.7 Å². The van der Waals surface area contributed by atoms with Crippen molar-refractivity contribution in [3.63, 3.8) is 0 Å². The Balaban J connectivity index is 2.27. The molecular formula is C26H27N2O+. The largest absolute Gasteiger partial charge is 0.456 e. The molecule has 0 bridgehead atoms. The van der Waals surface area contributed by atoms with Gasteiger partial charge in [0.15, 0.2) is 11.4 Å². The molecule has 0 aliphatic heterocycles. The third-order valence-electron chi connectivity index (χ3n) is 5.37. The highest BCUT2D eigenvalue weighted by Gasteiger charge is 2.25. The zero-order chi connectivity index (χ0) is 30.3. The first kappa shape index (κ1) is 10.1. The zero-order valence-corrected chi connectivity index (χ0v) is 16.6. The second-order valence-corrected chi connectivity index (χ2v) is 7.21. The van der Waals surface area contributed by atoms with Gasteiger partial charge in [0.1, 0.15) is 18.2 Å². The molecule has 1 unspecified atom stereocenters. The lowest BCUT2D eigenvalue weighted by Crippen LogP contribution is -2.36. The van der Waals surface area contributed by atoms with Crippen LogP contribution >= 0.6 is 0 Å². The molecule has 0 saturated heterocycles. The summed E-state index contributed by atoms with van der Waals surface area (Å²) in [6.07, 6.45) is 0. The minimum Gasteiger partial charge on any atom is -0.456 e. The lowest BCUT2D eigenvalue weighted by molar-refractivity contribution is -0.667. The van der Waals surface area contributed by atoms with E-state index in [9.17, 15) is 1.37 Å². The fourth-order valence-electron chi connectivity index (χ4n) is 3.70. The highest BCUT2D eigenvalue weighted by molar-refractivity contribution is 6.11. The van der Waals surface area contributed by atoms with Gasteiger partial charge in [-0.15, -0.1) is 0 Å². The van der Waals surface area contributed by atoms with Gasteiger partial charge in [0.2, 0.25) is 5.69 Å². The summed E-state index contributed by atoms with van der Waals surface area (Å²) in [5.41, 5.74) is 0.706. The number of hydrogen-bond acceptors (Lipinski definition) is 1. The van der Waals surface area contributed by atoms with Crippen LogP contribution in [-0.4, -0.2) is 0 Å². The maximum atomic E-state index is 9.18. The summed E-state index contributed by atoms with van der Waals surface area (Å²) in [5, 5.41) is 0.683. The lowest BCUT2D eigenvalue weighted by Gasteiger charge is -2.14. The van der Waals surface area contributed by atoms with Crippen molar-refractivity contribution in [3.8, 4) is 11.3 Å². The van der Waals surface area contributed by atoms with E-state index in [0.717, 1.165) is 6.92 Å². The maximum Gasteiger partial charge on any atom is 0.216 e. The Morgan fingerprint density at radius 3 is 2.76 bits per heavy atom. The average molecular weight is 395 g/mol. The van der Waals surface area contributed by atoms with Crippen molar-refractivity contribution in [3.05, 3.63) is 69.7 Å². The van der Waals surface area contributed by atoms with Crippen LogP contribution in [0.25, 0.3) is 38.0 Å². The van der Waals surface area contributed by atoms with E-state index in [2.05, 4.69) is 4.85 Å². The number of fused-ring (bicyclic) bond motifs is 3. The second kappa shape index (κ2) is 6.74. The van der Waals surface area contributed by atoms with Crippen LogP contribution < -0.4 is 4.57 Å². The van der Waals surface area contributed by atoms with Crippen LogP contribution in [0.4, 0.5) is 5.69 Å².